The summed E-state index contributed by atoms with van der Waals surface area (Å²) in [6, 6.07) is 5.08. The maximum absolute atomic E-state index is 13.7. The summed E-state index contributed by atoms with van der Waals surface area (Å²) in [6.07, 6.45) is 2.12. The van der Waals surface area contributed by atoms with E-state index in [0.717, 1.165) is 29.4 Å². The highest BCUT2D eigenvalue weighted by Crippen LogP contribution is 2.33. The predicted octanol–water partition coefficient (Wildman–Crippen LogP) is 3.40. The summed E-state index contributed by atoms with van der Waals surface area (Å²) < 4.78 is 19.4. The van der Waals surface area contributed by atoms with E-state index in [2.05, 4.69) is 4.98 Å². The second-order valence-electron chi connectivity index (χ2n) is 4.62. The summed E-state index contributed by atoms with van der Waals surface area (Å²) in [4.78, 5) is 4.33. The maximum Gasteiger partial charge on any atom is 0.217 e. The van der Waals surface area contributed by atoms with E-state index in [1.165, 1.54) is 6.07 Å². The van der Waals surface area contributed by atoms with Crippen LogP contribution in [0.2, 0.25) is 0 Å². The standard InChI is InChI=1S/C14H14FNO/c1-8-6-7-11-9(2)10-4-3-5-12(15)13(10)16-14(11)17-8/h3-5,8H,6-7H2,1-2H3. The average Bonchev–Trinajstić information content (AvgIpc) is 2.30. The van der Waals surface area contributed by atoms with E-state index >= 15 is 0 Å². The monoisotopic (exact) mass is 231 g/mol. The third-order valence-electron chi connectivity index (χ3n) is 3.43. The van der Waals surface area contributed by atoms with Gasteiger partial charge in [0.1, 0.15) is 11.3 Å². The Kier molecular flexibility index (Phi) is 2.28. The van der Waals surface area contributed by atoms with Crippen LogP contribution in [-0.4, -0.2) is 11.1 Å². The molecular formula is C14H14FNO. The number of para-hydroxylation sites is 1. The number of aromatic nitrogens is 1. The van der Waals surface area contributed by atoms with Crippen molar-refractivity contribution in [2.75, 3.05) is 0 Å². The molecule has 2 heterocycles. The summed E-state index contributed by atoms with van der Waals surface area (Å²) in [5, 5.41) is 0.891. The molecule has 1 unspecified atom stereocenters. The van der Waals surface area contributed by atoms with Gasteiger partial charge in [-0.2, -0.15) is 0 Å². The van der Waals surface area contributed by atoms with Crippen LogP contribution in [0.4, 0.5) is 4.39 Å². The number of aryl methyl sites for hydroxylation is 1. The fourth-order valence-corrected chi connectivity index (χ4v) is 2.41. The lowest BCUT2D eigenvalue weighted by Gasteiger charge is -2.24. The summed E-state index contributed by atoms with van der Waals surface area (Å²) in [5.41, 5.74) is 2.63. The Morgan fingerprint density at radius 1 is 1.41 bits per heavy atom. The Morgan fingerprint density at radius 2 is 2.24 bits per heavy atom. The fraction of sp³-hybridized carbons (Fsp3) is 0.357. The zero-order chi connectivity index (χ0) is 12.0. The van der Waals surface area contributed by atoms with Gasteiger partial charge in [-0.1, -0.05) is 12.1 Å². The summed E-state index contributed by atoms with van der Waals surface area (Å²) in [5.74, 6) is 0.328. The zero-order valence-corrected chi connectivity index (χ0v) is 9.96. The topological polar surface area (TPSA) is 22.1 Å². The van der Waals surface area contributed by atoms with E-state index in [1.807, 2.05) is 19.9 Å². The lowest BCUT2D eigenvalue weighted by Crippen LogP contribution is -2.20. The van der Waals surface area contributed by atoms with Crippen molar-refractivity contribution in [2.45, 2.75) is 32.8 Å². The Morgan fingerprint density at radius 3 is 3.06 bits per heavy atom. The molecule has 0 spiro atoms. The minimum atomic E-state index is -0.282. The van der Waals surface area contributed by atoms with Gasteiger partial charge in [0.05, 0.1) is 6.10 Å². The molecule has 0 fully saturated rings. The number of ether oxygens (including phenoxy) is 1. The highest BCUT2D eigenvalue weighted by atomic mass is 19.1. The van der Waals surface area contributed by atoms with E-state index in [9.17, 15) is 4.39 Å². The lowest BCUT2D eigenvalue weighted by molar-refractivity contribution is 0.184. The molecule has 0 amide bonds. The van der Waals surface area contributed by atoms with E-state index in [1.54, 1.807) is 6.07 Å². The molecule has 1 atom stereocenters. The Balaban J connectivity index is 2.32. The molecule has 2 nitrogen and oxygen atoms in total. The molecule has 2 aromatic rings. The number of fused-ring (bicyclic) bond motifs is 2. The number of nitrogens with zero attached hydrogens (tertiary/aromatic N) is 1. The second-order valence-corrected chi connectivity index (χ2v) is 4.62. The van der Waals surface area contributed by atoms with Crippen LogP contribution < -0.4 is 4.74 Å². The van der Waals surface area contributed by atoms with Crippen molar-refractivity contribution in [3.8, 4) is 5.88 Å². The number of hydrogen-bond donors (Lipinski definition) is 0. The Labute approximate surface area is 99.4 Å². The van der Waals surface area contributed by atoms with Gasteiger partial charge in [0, 0.05) is 10.9 Å². The SMILES string of the molecule is Cc1c2c(nc3c(F)cccc13)OC(C)CC2. The summed E-state index contributed by atoms with van der Waals surface area (Å²) >= 11 is 0. The van der Waals surface area contributed by atoms with Gasteiger partial charge in [-0.3, -0.25) is 0 Å². The van der Waals surface area contributed by atoms with E-state index < -0.39 is 0 Å². The molecule has 1 aromatic heterocycles. The van der Waals surface area contributed by atoms with Crippen LogP contribution in [0.1, 0.15) is 24.5 Å². The van der Waals surface area contributed by atoms with Crippen LogP contribution in [0, 0.1) is 12.7 Å². The van der Waals surface area contributed by atoms with Gasteiger partial charge < -0.3 is 4.74 Å². The van der Waals surface area contributed by atoms with Crippen molar-refractivity contribution in [2.24, 2.45) is 0 Å². The summed E-state index contributed by atoms with van der Waals surface area (Å²) in [6.45, 7) is 4.03. The molecule has 0 radical (unpaired) electrons. The van der Waals surface area contributed by atoms with Crippen molar-refractivity contribution in [1.29, 1.82) is 0 Å². The molecule has 0 N–H and O–H groups in total. The molecule has 88 valence electrons. The first kappa shape index (κ1) is 10.5. The number of benzene rings is 1. The van der Waals surface area contributed by atoms with Crippen LogP contribution in [-0.2, 0) is 6.42 Å². The van der Waals surface area contributed by atoms with Gasteiger partial charge in [0.2, 0.25) is 5.88 Å². The molecule has 3 rings (SSSR count). The van der Waals surface area contributed by atoms with Crippen LogP contribution in [0.3, 0.4) is 0 Å². The molecule has 17 heavy (non-hydrogen) atoms. The first-order chi connectivity index (χ1) is 8.16. The smallest absolute Gasteiger partial charge is 0.217 e. The molecule has 1 aliphatic rings. The molecular weight excluding hydrogens is 217 g/mol. The minimum absolute atomic E-state index is 0.165. The van der Waals surface area contributed by atoms with Crippen LogP contribution in [0.5, 0.6) is 5.88 Å². The Hall–Kier alpha value is -1.64. The van der Waals surface area contributed by atoms with E-state index in [-0.39, 0.29) is 11.9 Å². The molecule has 0 aliphatic carbocycles. The zero-order valence-electron chi connectivity index (χ0n) is 9.96. The van der Waals surface area contributed by atoms with Crippen molar-refractivity contribution in [3.05, 3.63) is 35.1 Å². The van der Waals surface area contributed by atoms with Crippen molar-refractivity contribution in [1.82, 2.24) is 4.98 Å². The second kappa shape index (κ2) is 3.69. The highest BCUT2D eigenvalue weighted by molar-refractivity contribution is 5.84. The number of pyridine rings is 1. The molecule has 0 saturated heterocycles. The van der Waals surface area contributed by atoms with Gasteiger partial charge in [-0.05, 0) is 38.3 Å². The normalized spacial score (nSPS) is 18.9. The largest absolute Gasteiger partial charge is 0.474 e. The average molecular weight is 231 g/mol. The highest BCUT2D eigenvalue weighted by Gasteiger charge is 2.21. The van der Waals surface area contributed by atoms with Gasteiger partial charge >= 0.3 is 0 Å². The molecule has 0 saturated carbocycles. The molecule has 0 bridgehead atoms. The van der Waals surface area contributed by atoms with Gasteiger partial charge in [-0.25, -0.2) is 9.37 Å². The minimum Gasteiger partial charge on any atom is -0.474 e. The van der Waals surface area contributed by atoms with Crippen molar-refractivity contribution >= 4 is 10.9 Å². The lowest BCUT2D eigenvalue weighted by atomic mass is 9.97. The van der Waals surface area contributed by atoms with E-state index in [0.29, 0.717) is 11.4 Å². The predicted molar refractivity (Wildman–Crippen MR) is 64.8 cm³/mol. The fourth-order valence-electron chi connectivity index (χ4n) is 2.41. The van der Waals surface area contributed by atoms with E-state index in [4.69, 9.17) is 4.74 Å². The third-order valence-corrected chi connectivity index (χ3v) is 3.43. The molecule has 1 aliphatic heterocycles. The van der Waals surface area contributed by atoms with Crippen LogP contribution in [0.15, 0.2) is 18.2 Å². The van der Waals surface area contributed by atoms with Gasteiger partial charge in [0.15, 0.2) is 0 Å². The van der Waals surface area contributed by atoms with Gasteiger partial charge in [0.25, 0.3) is 0 Å². The Bertz CT molecular complexity index is 594. The van der Waals surface area contributed by atoms with Crippen LogP contribution in [0.25, 0.3) is 10.9 Å². The summed E-state index contributed by atoms with van der Waals surface area (Å²) in [7, 11) is 0. The van der Waals surface area contributed by atoms with Gasteiger partial charge in [-0.15, -0.1) is 0 Å². The quantitative estimate of drug-likeness (QED) is 0.693. The molecule has 3 heteroatoms. The number of halogens is 1. The third kappa shape index (κ3) is 1.57. The molecule has 1 aromatic carbocycles. The first-order valence-electron chi connectivity index (χ1n) is 5.91. The number of rotatable bonds is 0. The maximum atomic E-state index is 13.7. The van der Waals surface area contributed by atoms with Crippen LogP contribution >= 0.6 is 0 Å². The van der Waals surface area contributed by atoms with Crippen molar-refractivity contribution < 1.29 is 9.13 Å². The number of hydrogen-bond acceptors (Lipinski definition) is 2. The van der Waals surface area contributed by atoms with Crippen molar-refractivity contribution in [3.63, 3.8) is 0 Å². The first-order valence-corrected chi connectivity index (χ1v) is 5.91.